The summed E-state index contributed by atoms with van der Waals surface area (Å²) in [6.45, 7) is 2.03. The lowest BCUT2D eigenvalue weighted by Crippen LogP contribution is -2.14. The first kappa shape index (κ1) is 14.5. The Hall–Kier alpha value is -3.07. The molecule has 0 unspecified atom stereocenters. The minimum absolute atomic E-state index is 0.0458. The highest BCUT2D eigenvalue weighted by molar-refractivity contribution is 6.03. The number of benzene rings is 3. The normalized spacial score (nSPS) is 11.0. The topological polar surface area (TPSA) is 42.2 Å². The van der Waals surface area contributed by atoms with Crippen molar-refractivity contribution in [3.8, 4) is 0 Å². The Balaban J connectivity index is 1.61. The molecule has 0 aliphatic carbocycles. The molecule has 4 aromatic rings. The molecule has 24 heavy (non-hydrogen) atoms. The maximum atomic E-state index is 12.5. The van der Waals surface area contributed by atoms with Crippen LogP contribution >= 0.6 is 0 Å². The second-order valence-electron chi connectivity index (χ2n) is 6.01. The molecule has 3 nitrogen and oxygen atoms in total. The van der Waals surface area contributed by atoms with Crippen LogP contribution < -0.4 is 5.32 Å². The number of fused-ring (bicyclic) bond motifs is 2. The number of nitrogens with one attached hydrogen (secondary N) is 1. The van der Waals surface area contributed by atoms with E-state index in [1.807, 2.05) is 61.5 Å². The van der Waals surface area contributed by atoms with Gasteiger partial charge in [0.15, 0.2) is 0 Å². The van der Waals surface area contributed by atoms with Crippen LogP contribution in [-0.4, -0.2) is 5.91 Å². The Labute approximate surface area is 139 Å². The SMILES string of the molecule is Cc1ccc2occ(CC(=O)Nc3cccc4ccccc34)c2c1. The van der Waals surface area contributed by atoms with Crippen molar-refractivity contribution in [1.29, 1.82) is 0 Å². The highest BCUT2D eigenvalue weighted by Gasteiger charge is 2.12. The summed E-state index contributed by atoms with van der Waals surface area (Å²) in [5.74, 6) is -0.0458. The van der Waals surface area contributed by atoms with Crippen LogP contribution in [0.15, 0.2) is 71.3 Å². The monoisotopic (exact) mass is 315 g/mol. The number of furan rings is 1. The van der Waals surface area contributed by atoms with Gasteiger partial charge >= 0.3 is 0 Å². The van der Waals surface area contributed by atoms with E-state index in [1.54, 1.807) is 6.26 Å². The lowest BCUT2D eigenvalue weighted by Gasteiger charge is -2.08. The van der Waals surface area contributed by atoms with Gasteiger partial charge in [-0.05, 0) is 30.5 Å². The summed E-state index contributed by atoms with van der Waals surface area (Å²) in [7, 11) is 0. The fourth-order valence-electron chi connectivity index (χ4n) is 3.03. The molecule has 0 spiro atoms. The van der Waals surface area contributed by atoms with E-state index >= 15 is 0 Å². The fourth-order valence-corrected chi connectivity index (χ4v) is 3.03. The average molecular weight is 315 g/mol. The van der Waals surface area contributed by atoms with Crippen molar-refractivity contribution >= 4 is 33.3 Å². The first-order valence-corrected chi connectivity index (χ1v) is 7.95. The number of hydrogen-bond donors (Lipinski definition) is 1. The van der Waals surface area contributed by atoms with Gasteiger partial charge in [0.1, 0.15) is 5.58 Å². The second kappa shape index (κ2) is 5.85. The van der Waals surface area contributed by atoms with Gasteiger partial charge in [-0.3, -0.25) is 4.79 Å². The van der Waals surface area contributed by atoms with Crippen LogP contribution in [0, 0.1) is 6.92 Å². The standard InChI is InChI=1S/C21H17NO2/c1-14-9-10-20-18(11-14)16(13-24-20)12-21(23)22-19-8-4-6-15-5-2-3-7-17(15)19/h2-11,13H,12H2,1H3,(H,22,23). The molecule has 3 aromatic carbocycles. The van der Waals surface area contributed by atoms with Gasteiger partial charge in [-0.2, -0.15) is 0 Å². The molecule has 1 aromatic heterocycles. The zero-order valence-electron chi connectivity index (χ0n) is 13.4. The summed E-state index contributed by atoms with van der Waals surface area (Å²) < 4.78 is 5.55. The maximum Gasteiger partial charge on any atom is 0.228 e. The van der Waals surface area contributed by atoms with Crippen LogP contribution in [0.5, 0.6) is 0 Å². The molecule has 118 valence electrons. The maximum absolute atomic E-state index is 12.5. The number of aryl methyl sites for hydroxylation is 1. The van der Waals surface area contributed by atoms with Crippen molar-refractivity contribution < 1.29 is 9.21 Å². The van der Waals surface area contributed by atoms with Gasteiger partial charge in [0.2, 0.25) is 5.91 Å². The Morgan fingerprint density at radius 3 is 2.75 bits per heavy atom. The smallest absolute Gasteiger partial charge is 0.228 e. The molecule has 3 heteroatoms. The third-order valence-corrected chi connectivity index (χ3v) is 4.22. The van der Waals surface area contributed by atoms with E-state index in [4.69, 9.17) is 4.42 Å². The molecule has 1 amide bonds. The minimum atomic E-state index is -0.0458. The van der Waals surface area contributed by atoms with Crippen LogP contribution in [0.2, 0.25) is 0 Å². The molecular weight excluding hydrogens is 298 g/mol. The van der Waals surface area contributed by atoms with Crippen LogP contribution in [-0.2, 0) is 11.2 Å². The van der Waals surface area contributed by atoms with E-state index in [-0.39, 0.29) is 5.91 Å². The average Bonchev–Trinajstić information content (AvgIpc) is 2.97. The number of amides is 1. The van der Waals surface area contributed by atoms with E-state index in [2.05, 4.69) is 11.4 Å². The molecule has 0 radical (unpaired) electrons. The molecule has 0 aliphatic rings. The predicted octanol–water partition coefficient (Wildman–Crippen LogP) is 5.08. The van der Waals surface area contributed by atoms with Crippen LogP contribution in [0.25, 0.3) is 21.7 Å². The van der Waals surface area contributed by atoms with E-state index in [0.29, 0.717) is 6.42 Å². The number of carbonyl (C=O) groups is 1. The fraction of sp³-hybridized carbons (Fsp3) is 0.0952. The van der Waals surface area contributed by atoms with Crippen molar-refractivity contribution in [2.24, 2.45) is 0 Å². The highest BCUT2D eigenvalue weighted by atomic mass is 16.3. The third kappa shape index (κ3) is 2.65. The minimum Gasteiger partial charge on any atom is -0.464 e. The predicted molar refractivity (Wildman–Crippen MR) is 97.2 cm³/mol. The number of anilines is 1. The lowest BCUT2D eigenvalue weighted by atomic mass is 10.1. The van der Waals surface area contributed by atoms with Gasteiger partial charge in [-0.25, -0.2) is 0 Å². The van der Waals surface area contributed by atoms with Crippen molar-refractivity contribution in [2.75, 3.05) is 5.32 Å². The van der Waals surface area contributed by atoms with E-state index < -0.39 is 0 Å². The molecule has 0 atom stereocenters. The largest absolute Gasteiger partial charge is 0.464 e. The summed E-state index contributed by atoms with van der Waals surface area (Å²) in [6.07, 6.45) is 1.96. The summed E-state index contributed by atoms with van der Waals surface area (Å²) in [5, 5.41) is 6.18. The molecule has 1 N–H and O–H groups in total. The number of rotatable bonds is 3. The van der Waals surface area contributed by atoms with Crippen LogP contribution in [0.3, 0.4) is 0 Å². The molecule has 4 rings (SSSR count). The van der Waals surface area contributed by atoms with Gasteiger partial charge in [-0.15, -0.1) is 0 Å². The van der Waals surface area contributed by atoms with Crippen molar-refractivity contribution in [1.82, 2.24) is 0 Å². The van der Waals surface area contributed by atoms with Crippen LogP contribution in [0.1, 0.15) is 11.1 Å². The van der Waals surface area contributed by atoms with E-state index in [9.17, 15) is 4.79 Å². The van der Waals surface area contributed by atoms with Gasteiger partial charge in [0, 0.05) is 22.0 Å². The number of carbonyl (C=O) groups excluding carboxylic acids is 1. The molecule has 0 bridgehead atoms. The van der Waals surface area contributed by atoms with Crippen molar-refractivity contribution in [2.45, 2.75) is 13.3 Å². The van der Waals surface area contributed by atoms with E-state index in [0.717, 1.165) is 38.6 Å². The highest BCUT2D eigenvalue weighted by Crippen LogP contribution is 2.25. The summed E-state index contributed by atoms with van der Waals surface area (Å²) in [6, 6.07) is 19.9. The summed E-state index contributed by atoms with van der Waals surface area (Å²) in [4.78, 5) is 12.5. The lowest BCUT2D eigenvalue weighted by molar-refractivity contribution is -0.115. The third-order valence-electron chi connectivity index (χ3n) is 4.22. The van der Waals surface area contributed by atoms with Crippen LogP contribution in [0.4, 0.5) is 5.69 Å². The van der Waals surface area contributed by atoms with Crippen molar-refractivity contribution in [3.05, 3.63) is 78.1 Å². The molecule has 0 fully saturated rings. The Bertz CT molecular complexity index is 1040. The molecule has 0 saturated heterocycles. The molecular formula is C21H17NO2. The first-order valence-electron chi connectivity index (χ1n) is 7.95. The van der Waals surface area contributed by atoms with Gasteiger partial charge < -0.3 is 9.73 Å². The van der Waals surface area contributed by atoms with Gasteiger partial charge in [0.25, 0.3) is 0 Å². The Morgan fingerprint density at radius 2 is 1.83 bits per heavy atom. The van der Waals surface area contributed by atoms with Crippen molar-refractivity contribution in [3.63, 3.8) is 0 Å². The zero-order valence-corrected chi connectivity index (χ0v) is 13.4. The molecule has 1 heterocycles. The quantitative estimate of drug-likeness (QED) is 0.573. The zero-order chi connectivity index (χ0) is 16.5. The molecule has 0 aliphatic heterocycles. The number of hydrogen-bond acceptors (Lipinski definition) is 2. The second-order valence-corrected chi connectivity index (χ2v) is 6.01. The van der Waals surface area contributed by atoms with E-state index in [1.165, 1.54) is 0 Å². The van der Waals surface area contributed by atoms with Gasteiger partial charge in [-0.1, -0.05) is 48.0 Å². The summed E-state index contributed by atoms with van der Waals surface area (Å²) >= 11 is 0. The Morgan fingerprint density at radius 1 is 1.00 bits per heavy atom. The summed E-state index contributed by atoms with van der Waals surface area (Å²) in [5.41, 5.74) is 3.71. The first-order chi connectivity index (χ1) is 11.7. The Kier molecular flexibility index (Phi) is 3.54. The molecule has 0 saturated carbocycles. The van der Waals surface area contributed by atoms with Gasteiger partial charge in [0.05, 0.1) is 12.7 Å².